The number of nitriles is 1. The predicted molar refractivity (Wildman–Crippen MR) is 80.1 cm³/mol. The number of thiophene rings is 1. The molecule has 2 aromatic heterocycles. The highest BCUT2D eigenvalue weighted by molar-refractivity contribution is 7.18. The van der Waals surface area contributed by atoms with Crippen LogP contribution in [0.1, 0.15) is 42.5 Å². The van der Waals surface area contributed by atoms with Gasteiger partial charge < -0.3 is 0 Å². The number of rotatable bonds is 3. The van der Waals surface area contributed by atoms with Crippen LogP contribution in [-0.4, -0.2) is 9.55 Å². The summed E-state index contributed by atoms with van der Waals surface area (Å²) in [6.07, 6.45) is 5.52. The van der Waals surface area contributed by atoms with Crippen molar-refractivity contribution in [1.82, 2.24) is 9.55 Å². The summed E-state index contributed by atoms with van der Waals surface area (Å²) in [5, 5.41) is 9.58. The summed E-state index contributed by atoms with van der Waals surface area (Å²) < 4.78 is 1.70. The molecule has 3 rings (SSSR count). The van der Waals surface area contributed by atoms with Gasteiger partial charge in [0.25, 0.3) is 5.56 Å². The van der Waals surface area contributed by atoms with Crippen LogP contribution in [0.15, 0.2) is 4.79 Å². The molecule has 0 spiro atoms. The van der Waals surface area contributed by atoms with Gasteiger partial charge in [-0.1, -0.05) is 6.92 Å². The Morgan fingerprint density at radius 3 is 2.95 bits per heavy atom. The van der Waals surface area contributed by atoms with Gasteiger partial charge in [-0.05, 0) is 31.2 Å². The van der Waals surface area contributed by atoms with Crippen LogP contribution in [0.4, 0.5) is 0 Å². The van der Waals surface area contributed by atoms with E-state index in [-0.39, 0.29) is 5.56 Å². The van der Waals surface area contributed by atoms with Crippen LogP contribution in [0.25, 0.3) is 10.2 Å². The number of nitrogens with zero attached hydrogens (tertiary/aromatic N) is 3. The summed E-state index contributed by atoms with van der Waals surface area (Å²) in [4.78, 5) is 19.7. The van der Waals surface area contributed by atoms with Crippen molar-refractivity contribution in [1.29, 1.82) is 5.26 Å². The number of aryl methyl sites for hydroxylation is 3. The molecule has 0 radical (unpaired) electrons. The molecule has 0 aromatic carbocycles. The first kappa shape index (κ1) is 13.3. The van der Waals surface area contributed by atoms with Gasteiger partial charge in [0, 0.05) is 17.8 Å². The summed E-state index contributed by atoms with van der Waals surface area (Å²) in [7, 11) is 0. The molecule has 0 saturated heterocycles. The van der Waals surface area contributed by atoms with Crippen molar-refractivity contribution in [3.63, 3.8) is 0 Å². The smallest absolute Gasteiger partial charge is 0.262 e. The molecule has 20 heavy (non-hydrogen) atoms. The molecular formula is C15H17N3OS. The molecule has 0 bridgehead atoms. The third-order valence-electron chi connectivity index (χ3n) is 3.92. The Morgan fingerprint density at radius 2 is 2.20 bits per heavy atom. The summed E-state index contributed by atoms with van der Waals surface area (Å²) >= 11 is 1.69. The van der Waals surface area contributed by atoms with Crippen molar-refractivity contribution in [2.75, 3.05) is 0 Å². The molecule has 0 aliphatic heterocycles. The number of fused-ring (bicyclic) bond motifs is 3. The topological polar surface area (TPSA) is 58.7 Å². The van der Waals surface area contributed by atoms with Crippen molar-refractivity contribution >= 4 is 21.6 Å². The van der Waals surface area contributed by atoms with Crippen LogP contribution in [0.3, 0.4) is 0 Å². The Bertz CT molecular complexity index is 751. The maximum Gasteiger partial charge on any atom is 0.262 e. The lowest BCUT2D eigenvalue weighted by Gasteiger charge is -2.12. The Balaban J connectivity index is 2.25. The van der Waals surface area contributed by atoms with Crippen molar-refractivity contribution in [2.24, 2.45) is 0 Å². The maximum atomic E-state index is 12.8. The lowest BCUT2D eigenvalue weighted by molar-refractivity contribution is 0.632. The summed E-state index contributed by atoms with van der Waals surface area (Å²) in [5.41, 5.74) is 1.28. The largest absolute Gasteiger partial charge is 0.295 e. The average Bonchev–Trinajstić information content (AvgIpc) is 2.84. The van der Waals surface area contributed by atoms with Gasteiger partial charge in [0.05, 0.1) is 17.9 Å². The van der Waals surface area contributed by atoms with Gasteiger partial charge in [0.2, 0.25) is 0 Å². The fraction of sp³-hybridized carbons (Fsp3) is 0.533. The van der Waals surface area contributed by atoms with E-state index in [0.717, 1.165) is 41.7 Å². The fourth-order valence-electron chi connectivity index (χ4n) is 2.94. The normalized spacial score (nSPS) is 14.2. The molecule has 0 unspecified atom stereocenters. The molecule has 0 atom stereocenters. The molecular weight excluding hydrogens is 270 g/mol. The van der Waals surface area contributed by atoms with Gasteiger partial charge >= 0.3 is 0 Å². The van der Waals surface area contributed by atoms with Crippen LogP contribution in [-0.2, 0) is 25.8 Å². The second kappa shape index (κ2) is 5.37. The standard InChI is InChI=1S/C15H17N3OS/c1-2-12-17-14-13(15(19)18(12)9-5-8-16)10-6-3-4-7-11(10)20-14/h2-7,9H2,1H3. The van der Waals surface area contributed by atoms with Crippen molar-refractivity contribution < 1.29 is 0 Å². The quantitative estimate of drug-likeness (QED) is 0.872. The molecule has 1 aliphatic rings. The zero-order valence-electron chi connectivity index (χ0n) is 11.6. The van der Waals surface area contributed by atoms with Crippen molar-refractivity contribution in [3.05, 3.63) is 26.6 Å². The number of hydrogen-bond donors (Lipinski definition) is 0. The molecule has 1 aliphatic carbocycles. The highest BCUT2D eigenvalue weighted by Gasteiger charge is 2.21. The fourth-order valence-corrected chi connectivity index (χ4v) is 4.21. The summed E-state index contributed by atoms with van der Waals surface area (Å²) in [5.74, 6) is 0.802. The van der Waals surface area contributed by atoms with E-state index in [0.29, 0.717) is 13.0 Å². The molecule has 5 heteroatoms. The summed E-state index contributed by atoms with van der Waals surface area (Å²) in [6, 6.07) is 2.11. The van der Waals surface area contributed by atoms with E-state index in [4.69, 9.17) is 5.26 Å². The van der Waals surface area contributed by atoms with E-state index < -0.39 is 0 Å². The minimum absolute atomic E-state index is 0.0569. The van der Waals surface area contributed by atoms with E-state index in [2.05, 4.69) is 11.1 Å². The van der Waals surface area contributed by atoms with Gasteiger partial charge in [-0.25, -0.2) is 4.98 Å². The number of aromatic nitrogens is 2. The van der Waals surface area contributed by atoms with Crippen LogP contribution in [0, 0.1) is 11.3 Å². The zero-order chi connectivity index (χ0) is 14.1. The highest BCUT2D eigenvalue weighted by Crippen LogP contribution is 2.33. The predicted octanol–water partition coefficient (Wildman–Crippen LogP) is 2.81. The maximum absolute atomic E-state index is 12.8. The van der Waals surface area contributed by atoms with Gasteiger partial charge in [0.1, 0.15) is 10.7 Å². The summed E-state index contributed by atoms with van der Waals surface area (Å²) in [6.45, 7) is 2.45. The molecule has 0 saturated carbocycles. The van der Waals surface area contributed by atoms with E-state index in [1.165, 1.54) is 16.9 Å². The second-order valence-corrected chi connectivity index (χ2v) is 6.22. The average molecular weight is 287 g/mol. The van der Waals surface area contributed by atoms with Gasteiger partial charge in [0.15, 0.2) is 0 Å². The van der Waals surface area contributed by atoms with Gasteiger partial charge in [-0.3, -0.25) is 9.36 Å². The number of hydrogen-bond acceptors (Lipinski definition) is 4. The van der Waals surface area contributed by atoms with Crippen LogP contribution in [0.2, 0.25) is 0 Å². The van der Waals surface area contributed by atoms with Crippen LogP contribution < -0.4 is 5.56 Å². The third-order valence-corrected chi connectivity index (χ3v) is 5.10. The molecule has 2 aromatic rings. The van der Waals surface area contributed by atoms with E-state index in [9.17, 15) is 4.79 Å². The second-order valence-electron chi connectivity index (χ2n) is 5.14. The SMILES string of the molecule is CCc1nc2sc3c(c2c(=O)n1CCC#N)CCCC3. The lowest BCUT2D eigenvalue weighted by Crippen LogP contribution is -2.25. The molecule has 0 fully saturated rings. The van der Waals surface area contributed by atoms with Crippen molar-refractivity contribution in [2.45, 2.75) is 52.0 Å². The Hall–Kier alpha value is -1.67. The first-order valence-corrected chi connectivity index (χ1v) is 7.98. The molecule has 104 valence electrons. The molecule has 4 nitrogen and oxygen atoms in total. The van der Waals surface area contributed by atoms with E-state index >= 15 is 0 Å². The molecule has 0 amide bonds. The van der Waals surface area contributed by atoms with E-state index in [1.807, 2.05) is 6.92 Å². The van der Waals surface area contributed by atoms with Crippen molar-refractivity contribution in [3.8, 4) is 6.07 Å². The minimum Gasteiger partial charge on any atom is -0.295 e. The third kappa shape index (κ3) is 2.04. The first-order valence-electron chi connectivity index (χ1n) is 7.17. The highest BCUT2D eigenvalue weighted by atomic mass is 32.1. The molecule has 2 heterocycles. The van der Waals surface area contributed by atoms with E-state index in [1.54, 1.807) is 15.9 Å². The Morgan fingerprint density at radius 1 is 1.40 bits per heavy atom. The van der Waals surface area contributed by atoms with Crippen LogP contribution in [0.5, 0.6) is 0 Å². The Labute approximate surface area is 121 Å². The first-order chi connectivity index (χ1) is 9.76. The monoisotopic (exact) mass is 287 g/mol. The lowest BCUT2D eigenvalue weighted by atomic mass is 9.97. The zero-order valence-corrected chi connectivity index (χ0v) is 12.4. The van der Waals surface area contributed by atoms with Gasteiger partial charge in [-0.2, -0.15) is 5.26 Å². The van der Waals surface area contributed by atoms with Gasteiger partial charge in [-0.15, -0.1) is 11.3 Å². The minimum atomic E-state index is 0.0569. The Kier molecular flexibility index (Phi) is 3.58. The molecule has 0 N–H and O–H groups in total. The van der Waals surface area contributed by atoms with Crippen LogP contribution >= 0.6 is 11.3 Å².